The molecule has 1 aromatic heterocycles. The lowest BCUT2D eigenvalue weighted by atomic mass is 9.98. The monoisotopic (exact) mass is 452 g/mol. The van der Waals surface area contributed by atoms with Crippen LogP contribution in [0.1, 0.15) is 25.2 Å². The molecule has 0 spiro atoms. The third-order valence-corrected chi connectivity index (χ3v) is 4.92. The molecule has 1 heterocycles. The Morgan fingerprint density at radius 3 is 2.53 bits per heavy atom. The molecule has 1 amide bonds. The van der Waals surface area contributed by atoms with Gasteiger partial charge >= 0.3 is 6.18 Å². The minimum Gasteiger partial charge on any atom is -0.380 e. The van der Waals surface area contributed by atoms with E-state index >= 15 is 0 Å². The van der Waals surface area contributed by atoms with Gasteiger partial charge in [-0.05, 0) is 49.2 Å². The van der Waals surface area contributed by atoms with Gasteiger partial charge in [-0.15, -0.1) is 0 Å². The van der Waals surface area contributed by atoms with Crippen LogP contribution in [0.5, 0.6) is 0 Å². The maximum atomic E-state index is 13.8. The fourth-order valence-electron chi connectivity index (χ4n) is 3.34. The molecule has 2 aromatic carbocycles. The first-order valence-electron chi connectivity index (χ1n) is 10.1. The molecular weight excluding hydrogens is 428 g/mol. The molecule has 0 saturated carbocycles. The van der Waals surface area contributed by atoms with E-state index in [1.54, 1.807) is 4.57 Å². The van der Waals surface area contributed by atoms with Crippen molar-refractivity contribution in [3.63, 3.8) is 0 Å². The summed E-state index contributed by atoms with van der Waals surface area (Å²) in [6.45, 7) is 4.46. The molecule has 6 nitrogen and oxygen atoms in total. The molecule has 10 heteroatoms. The molecule has 0 fully saturated rings. The summed E-state index contributed by atoms with van der Waals surface area (Å²) in [6.07, 6.45) is -4.64. The predicted octanol–water partition coefficient (Wildman–Crippen LogP) is 3.86. The Morgan fingerprint density at radius 2 is 1.94 bits per heavy atom. The van der Waals surface area contributed by atoms with Crippen molar-refractivity contribution in [2.24, 2.45) is 5.73 Å². The Morgan fingerprint density at radius 1 is 1.25 bits per heavy atom. The summed E-state index contributed by atoms with van der Waals surface area (Å²) in [5.74, 6) is -0.577. The number of amides is 1. The molecule has 0 aliphatic carbocycles. The molecule has 0 saturated heterocycles. The van der Waals surface area contributed by atoms with Crippen molar-refractivity contribution in [3.05, 3.63) is 53.6 Å². The zero-order valence-electron chi connectivity index (χ0n) is 17.7. The van der Waals surface area contributed by atoms with Crippen LogP contribution in [0.3, 0.4) is 0 Å². The Kier molecular flexibility index (Phi) is 7.15. The maximum Gasteiger partial charge on any atom is 0.417 e. The van der Waals surface area contributed by atoms with E-state index in [9.17, 15) is 22.4 Å². The first-order valence-corrected chi connectivity index (χ1v) is 10.1. The highest BCUT2D eigenvalue weighted by Crippen LogP contribution is 2.39. The number of hydrogen-bond donors (Lipinski definition) is 2. The minimum absolute atomic E-state index is 0.00554. The zero-order valence-corrected chi connectivity index (χ0v) is 17.7. The number of benzene rings is 2. The fourth-order valence-corrected chi connectivity index (χ4v) is 3.34. The number of alkyl halides is 3. The summed E-state index contributed by atoms with van der Waals surface area (Å²) in [5.41, 5.74) is 5.40. The summed E-state index contributed by atoms with van der Waals surface area (Å²) < 4.78 is 62.0. The average Bonchev–Trinajstić information content (AvgIpc) is 3.08. The molecule has 0 bridgehead atoms. The first kappa shape index (κ1) is 23.7. The van der Waals surface area contributed by atoms with Crippen LogP contribution in [0.2, 0.25) is 0 Å². The van der Waals surface area contributed by atoms with Gasteiger partial charge in [-0.2, -0.15) is 13.2 Å². The number of halogens is 4. The molecule has 0 aliphatic heterocycles. The van der Waals surface area contributed by atoms with E-state index in [1.165, 1.54) is 25.1 Å². The Bertz CT molecular complexity index is 1090. The van der Waals surface area contributed by atoms with Gasteiger partial charge in [0.15, 0.2) is 0 Å². The van der Waals surface area contributed by atoms with Gasteiger partial charge in [-0.3, -0.25) is 4.79 Å². The molecule has 0 unspecified atom stereocenters. The van der Waals surface area contributed by atoms with Gasteiger partial charge in [0.25, 0.3) is 0 Å². The minimum atomic E-state index is -4.64. The second kappa shape index (κ2) is 9.66. The molecule has 172 valence electrons. The summed E-state index contributed by atoms with van der Waals surface area (Å²) in [7, 11) is 0. The average molecular weight is 452 g/mol. The van der Waals surface area contributed by atoms with Crippen molar-refractivity contribution in [2.45, 2.75) is 39.2 Å². The largest absolute Gasteiger partial charge is 0.417 e. The van der Waals surface area contributed by atoms with Gasteiger partial charge < -0.3 is 20.4 Å². The standard InChI is InChI=1S/C22H24F4N4O2/c1-3-32-9-8-30-19-10-16(14-4-6-15(23)7-5-14)17(22(24,25)26)11-18(19)29-20(30)12-28-21(31)13(2)27/h4-7,10-11,13H,3,8-9,12,27H2,1-2H3,(H,28,31)/t13-/m0/s1. The molecule has 1 atom stereocenters. The summed E-state index contributed by atoms with van der Waals surface area (Å²) in [5, 5.41) is 2.64. The number of nitrogens with one attached hydrogen (secondary N) is 1. The topological polar surface area (TPSA) is 82.2 Å². The predicted molar refractivity (Wildman–Crippen MR) is 112 cm³/mol. The molecule has 3 aromatic rings. The van der Waals surface area contributed by atoms with E-state index in [-0.39, 0.29) is 23.2 Å². The SMILES string of the molecule is CCOCCn1c(CNC(=O)[C@H](C)N)nc2cc(C(F)(F)F)c(-c3ccc(F)cc3)cc21. The number of ether oxygens (including phenoxy) is 1. The highest BCUT2D eigenvalue weighted by Gasteiger charge is 2.35. The Hall–Kier alpha value is -2.98. The number of nitrogens with two attached hydrogens (primary N) is 1. The van der Waals surface area contributed by atoms with E-state index in [2.05, 4.69) is 10.3 Å². The third kappa shape index (κ3) is 5.25. The number of carbonyl (C=O) groups excluding carboxylic acids is 1. The third-order valence-electron chi connectivity index (χ3n) is 4.92. The maximum absolute atomic E-state index is 13.8. The molecule has 32 heavy (non-hydrogen) atoms. The summed E-state index contributed by atoms with van der Waals surface area (Å²) in [4.78, 5) is 16.2. The van der Waals surface area contributed by atoms with Crippen molar-refractivity contribution in [1.82, 2.24) is 14.9 Å². The van der Waals surface area contributed by atoms with Gasteiger partial charge in [-0.1, -0.05) is 12.1 Å². The van der Waals surface area contributed by atoms with E-state index in [1.807, 2.05) is 6.92 Å². The lowest BCUT2D eigenvalue weighted by Crippen LogP contribution is -2.38. The number of aromatic nitrogens is 2. The van der Waals surface area contributed by atoms with Crippen molar-refractivity contribution in [3.8, 4) is 11.1 Å². The van der Waals surface area contributed by atoms with Crippen LogP contribution in [0, 0.1) is 5.82 Å². The van der Waals surface area contributed by atoms with Crippen molar-refractivity contribution in [2.75, 3.05) is 13.2 Å². The van der Waals surface area contributed by atoms with Crippen LogP contribution < -0.4 is 11.1 Å². The second-order valence-corrected chi connectivity index (χ2v) is 7.27. The highest BCUT2D eigenvalue weighted by atomic mass is 19.4. The van der Waals surface area contributed by atoms with Crippen molar-refractivity contribution >= 4 is 16.9 Å². The first-order chi connectivity index (χ1) is 15.1. The quantitative estimate of drug-likeness (QED) is 0.402. The van der Waals surface area contributed by atoms with Gasteiger partial charge in [0.05, 0.1) is 35.8 Å². The van der Waals surface area contributed by atoms with E-state index in [0.717, 1.165) is 18.2 Å². The number of nitrogens with zero attached hydrogens (tertiary/aromatic N) is 2. The number of carbonyl (C=O) groups is 1. The van der Waals surface area contributed by atoms with Gasteiger partial charge in [0.1, 0.15) is 11.6 Å². The van der Waals surface area contributed by atoms with Crippen LogP contribution in [0.25, 0.3) is 22.2 Å². The Balaban J connectivity index is 2.15. The van der Waals surface area contributed by atoms with Crippen LogP contribution in [0.4, 0.5) is 17.6 Å². The number of hydrogen-bond acceptors (Lipinski definition) is 4. The lowest BCUT2D eigenvalue weighted by molar-refractivity contribution is -0.137. The van der Waals surface area contributed by atoms with Crippen molar-refractivity contribution in [1.29, 1.82) is 0 Å². The van der Waals surface area contributed by atoms with Gasteiger partial charge in [-0.25, -0.2) is 9.37 Å². The van der Waals surface area contributed by atoms with Crippen LogP contribution >= 0.6 is 0 Å². The van der Waals surface area contributed by atoms with Crippen molar-refractivity contribution < 1.29 is 27.1 Å². The summed E-state index contributed by atoms with van der Waals surface area (Å²) >= 11 is 0. The lowest BCUT2D eigenvalue weighted by Gasteiger charge is -2.15. The molecule has 3 N–H and O–H groups in total. The van der Waals surface area contributed by atoms with Crippen LogP contribution in [-0.4, -0.2) is 34.7 Å². The van der Waals surface area contributed by atoms with E-state index < -0.39 is 29.5 Å². The van der Waals surface area contributed by atoms with Gasteiger partial charge in [0, 0.05) is 13.2 Å². The van der Waals surface area contributed by atoms with Crippen LogP contribution in [0.15, 0.2) is 36.4 Å². The molecule has 3 rings (SSSR count). The Labute approximate surface area is 182 Å². The second-order valence-electron chi connectivity index (χ2n) is 7.27. The summed E-state index contributed by atoms with van der Waals surface area (Å²) in [6, 6.07) is 6.45. The normalized spacial score (nSPS) is 12.8. The molecule has 0 aliphatic rings. The zero-order chi connectivity index (χ0) is 23.5. The van der Waals surface area contributed by atoms with E-state index in [4.69, 9.17) is 10.5 Å². The number of rotatable bonds is 8. The smallest absolute Gasteiger partial charge is 0.380 e. The molecule has 0 radical (unpaired) electrons. The van der Waals surface area contributed by atoms with E-state index in [0.29, 0.717) is 31.1 Å². The molecular formula is C22H24F4N4O2. The highest BCUT2D eigenvalue weighted by molar-refractivity contribution is 5.86. The number of imidazole rings is 1. The fraction of sp³-hybridized carbons (Fsp3) is 0.364. The van der Waals surface area contributed by atoms with Gasteiger partial charge in [0.2, 0.25) is 5.91 Å². The van der Waals surface area contributed by atoms with Crippen LogP contribution in [-0.2, 0) is 28.8 Å². The number of fused-ring (bicyclic) bond motifs is 1.